The predicted molar refractivity (Wildman–Crippen MR) is 46.6 cm³/mol. The van der Waals surface area contributed by atoms with Crippen molar-refractivity contribution in [1.29, 1.82) is 0 Å². The van der Waals surface area contributed by atoms with Crippen molar-refractivity contribution >= 4 is 37.6 Å². The zero-order valence-electron chi connectivity index (χ0n) is 5.88. The van der Waals surface area contributed by atoms with Crippen LogP contribution in [0.5, 0.6) is 0 Å². The Morgan fingerprint density at radius 1 is 1.38 bits per heavy atom. The molecule has 0 fully saturated rings. The minimum atomic E-state index is -4.84. The molecule has 0 aliphatic carbocycles. The van der Waals surface area contributed by atoms with Gasteiger partial charge in [0.15, 0.2) is 0 Å². The quantitative estimate of drug-likeness (QED) is 0.791. The number of nitrogens with one attached hydrogen (secondary N) is 1. The molecule has 1 aromatic heterocycles. The summed E-state index contributed by atoms with van der Waals surface area (Å²) in [6, 6.07) is 1.07. The van der Waals surface area contributed by atoms with E-state index in [0.717, 1.165) is 6.07 Å². The first kappa shape index (κ1) is 10.8. The summed E-state index contributed by atoms with van der Waals surface area (Å²) in [5.41, 5.74) is -0.494. The van der Waals surface area contributed by atoms with Gasteiger partial charge >= 0.3 is 6.18 Å². The van der Waals surface area contributed by atoms with Crippen LogP contribution in [0.15, 0.2) is 15.1 Å². The second kappa shape index (κ2) is 3.45. The topological polar surface area (TPSA) is 32.9 Å². The van der Waals surface area contributed by atoms with Crippen molar-refractivity contribution in [2.45, 2.75) is 6.18 Å². The Kier molecular flexibility index (Phi) is 2.86. The maximum absolute atomic E-state index is 11.9. The number of Topliss-reactive ketones (excluding diaryl/α,β-unsaturated/α-hetero) is 1. The lowest BCUT2D eigenvalue weighted by Gasteiger charge is -2.01. The zero-order chi connectivity index (χ0) is 10.2. The summed E-state index contributed by atoms with van der Waals surface area (Å²) < 4.78 is 36.3. The number of aromatic amines is 1. The lowest BCUT2D eigenvalue weighted by atomic mass is 10.3. The van der Waals surface area contributed by atoms with Gasteiger partial charge in [0.1, 0.15) is 0 Å². The molecule has 0 unspecified atom stereocenters. The van der Waals surface area contributed by atoms with Crippen LogP contribution in [0.25, 0.3) is 0 Å². The molecule has 0 spiro atoms. The highest BCUT2D eigenvalue weighted by atomic mass is 79.9. The van der Waals surface area contributed by atoms with Gasteiger partial charge in [0, 0.05) is 0 Å². The predicted octanol–water partition coefficient (Wildman–Crippen LogP) is 3.28. The Morgan fingerprint density at radius 3 is 2.23 bits per heavy atom. The van der Waals surface area contributed by atoms with Crippen LogP contribution < -0.4 is 0 Å². The summed E-state index contributed by atoms with van der Waals surface area (Å²) >= 11 is 5.88. The van der Waals surface area contributed by atoms with Crippen LogP contribution in [0.1, 0.15) is 10.5 Å². The number of carbonyl (C=O) groups excluding carboxylic acids is 1. The highest BCUT2D eigenvalue weighted by Crippen LogP contribution is 2.27. The van der Waals surface area contributed by atoms with E-state index in [0.29, 0.717) is 9.08 Å². The third-order valence-electron chi connectivity index (χ3n) is 1.23. The number of H-pyrrole nitrogens is 1. The molecular formula is C6H2Br2F3NO. The summed E-state index contributed by atoms with van der Waals surface area (Å²) in [4.78, 5) is 12.9. The number of carbonyl (C=O) groups is 1. The van der Waals surface area contributed by atoms with Gasteiger partial charge in [-0.15, -0.1) is 0 Å². The van der Waals surface area contributed by atoms with Gasteiger partial charge in [-0.2, -0.15) is 13.2 Å². The Morgan fingerprint density at radius 2 is 1.92 bits per heavy atom. The zero-order valence-corrected chi connectivity index (χ0v) is 9.05. The summed E-state index contributed by atoms with van der Waals surface area (Å²) in [5.74, 6) is -1.89. The van der Waals surface area contributed by atoms with E-state index in [4.69, 9.17) is 0 Å². The van der Waals surface area contributed by atoms with Gasteiger partial charge in [0.25, 0.3) is 5.78 Å². The lowest BCUT2D eigenvalue weighted by Crippen LogP contribution is -2.22. The second-order valence-electron chi connectivity index (χ2n) is 2.17. The first-order chi connectivity index (χ1) is 5.82. The van der Waals surface area contributed by atoms with E-state index in [2.05, 4.69) is 36.8 Å². The van der Waals surface area contributed by atoms with Crippen LogP contribution in [0.4, 0.5) is 13.2 Å². The van der Waals surface area contributed by atoms with Crippen molar-refractivity contribution < 1.29 is 18.0 Å². The van der Waals surface area contributed by atoms with Gasteiger partial charge in [-0.3, -0.25) is 4.79 Å². The van der Waals surface area contributed by atoms with E-state index in [1.807, 2.05) is 0 Å². The maximum atomic E-state index is 11.9. The van der Waals surface area contributed by atoms with Crippen molar-refractivity contribution in [3.8, 4) is 0 Å². The van der Waals surface area contributed by atoms with Crippen molar-refractivity contribution in [1.82, 2.24) is 4.98 Å². The molecule has 0 aliphatic heterocycles. The molecule has 0 atom stereocenters. The fraction of sp³-hybridized carbons (Fsp3) is 0.167. The molecule has 0 saturated heterocycles. The van der Waals surface area contributed by atoms with Gasteiger partial charge in [0.2, 0.25) is 0 Å². The van der Waals surface area contributed by atoms with Gasteiger partial charge < -0.3 is 4.98 Å². The van der Waals surface area contributed by atoms with E-state index >= 15 is 0 Å². The van der Waals surface area contributed by atoms with E-state index in [9.17, 15) is 18.0 Å². The van der Waals surface area contributed by atoms with Crippen LogP contribution in [-0.4, -0.2) is 16.9 Å². The standard InChI is InChI=1S/C6H2Br2F3NO/c7-2-1-3(12-5(2)8)4(13)6(9,10)11/h1,12H. The average Bonchev–Trinajstić information content (AvgIpc) is 2.29. The Balaban J connectivity index is 3.03. The molecule has 0 amide bonds. The molecule has 13 heavy (non-hydrogen) atoms. The van der Waals surface area contributed by atoms with E-state index in [-0.39, 0.29) is 0 Å². The van der Waals surface area contributed by atoms with E-state index in [1.165, 1.54) is 0 Å². The van der Waals surface area contributed by atoms with Crippen molar-refractivity contribution in [2.75, 3.05) is 0 Å². The second-order valence-corrected chi connectivity index (χ2v) is 3.82. The smallest absolute Gasteiger partial charge is 0.346 e. The highest BCUT2D eigenvalue weighted by Gasteiger charge is 2.40. The first-order valence-electron chi connectivity index (χ1n) is 2.98. The Hall–Kier alpha value is -0.300. The lowest BCUT2D eigenvalue weighted by molar-refractivity contribution is -0.0888. The third-order valence-corrected chi connectivity index (χ3v) is 3.01. The number of alkyl halides is 3. The Bertz CT molecular complexity index is 325. The number of rotatable bonds is 1. The maximum Gasteiger partial charge on any atom is 0.456 e. The van der Waals surface area contributed by atoms with Gasteiger partial charge in [-0.25, -0.2) is 0 Å². The number of hydrogen-bond donors (Lipinski definition) is 1. The van der Waals surface area contributed by atoms with Crippen molar-refractivity contribution in [2.24, 2.45) is 0 Å². The largest absolute Gasteiger partial charge is 0.456 e. The summed E-state index contributed by atoms with van der Waals surface area (Å²) in [6.45, 7) is 0. The van der Waals surface area contributed by atoms with Crippen LogP contribution in [0.2, 0.25) is 0 Å². The van der Waals surface area contributed by atoms with Crippen LogP contribution in [0, 0.1) is 0 Å². The molecule has 0 aromatic carbocycles. The van der Waals surface area contributed by atoms with Crippen LogP contribution in [-0.2, 0) is 0 Å². The highest BCUT2D eigenvalue weighted by molar-refractivity contribution is 9.13. The molecule has 0 radical (unpaired) electrons. The molecule has 7 heteroatoms. The van der Waals surface area contributed by atoms with E-state index < -0.39 is 17.7 Å². The Labute approximate surface area is 87.8 Å². The molecule has 2 nitrogen and oxygen atoms in total. The van der Waals surface area contributed by atoms with Crippen LogP contribution in [0.3, 0.4) is 0 Å². The molecular weight excluding hydrogens is 319 g/mol. The number of hydrogen-bond acceptors (Lipinski definition) is 1. The summed E-state index contributed by atoms with van der Waals surface area (Å²) in [5, 5.41) is 0. The fourth-order valence-corrected chi connectivity index (χ4v) is 1.34. The molecule has 0 saturated carbocycles. The molecule has 72 valence electrons. The molecule has 1 aromatic rings. The summed E-state index contributed by atoms with van der Waals surface area (Å²) in [6.07, 6.45) is -4.84. The van der Waals surface area contributed by atoms with Gasteiger partial charge in [0.05, 0.1) is 14.8 Å². The first-order valence-corrected chi connectivity index (χ1v) is 4.56. The van der Waals surface area contributed by atoms with E-state index in [1.54, 1.807) is 0 Å². The fourth-order valence-electron chi connectivity index (χ4n) is 0.679. The van der Waals surface area contributed by atoms with Crippen LogP contribution >= 0.6 is 31.9 Å². The molecule has 1 N–H and O–H groups in total. The van der Waals surface area contributed by atoms with Crippen molar-refractivity contribution in [3.05, 3.63) is 20.8 Å². The molecule has 1 heterocycles. The summed E-state index contributed by atoms with van der Waals surface area (Å²) in [7, 11) is 0. The number of aromatic nitrogens is 1. The number of ketones is 1. The normalized spacial score (nSPS) is 11.8. The minimum absolute atomic E-state index is 0.306. The SMILES string of the molecule is O=C(c1cc(Br)c(Br)[nH]1)C(F)(F)F. The number of halogens is 5. The third kappa shape index (κ3) is 2.34. The minimum Gasteiger partial charge on any atom is -0.346 e. The monoisotopic (exact) mass is 319 g/mol. The van der Waals surface area contributed by atoms with Crippen molar-refractivity contribution in [3.63, 3.8) is 0 Å². The molecule has 0 bridgehead atoms. The molecule has 1 rings (SSSR count). The average molecular weight is 321 g/mol. The van der Waals surface area contributed by atoms with Gasteiger partial charge in [-0.05, 0) is 37.9 Å². The van der Waals surface area contributed by atoms with Gasteiger partial charge in [-0.1, -0.05) is 0 Å². The molecule has 0 aliphatic rings.